The number of benzene rings is 1. The van der Waals surface area contributed by atoms with Crippen molar-refractivity contribution in [2.75, 3.05) is 12.9 Å². The molecule has 1 saturated heterocycles. The summed E-state index contributed by atoms with van der Waals surface area (Å²) < 4.78 is 14.3. The van der Waals surface area contributed by atoms with E-state index in [-0.39, 0.29) is 12.3 Å². The highest BCUT2D eigenvalue weighted by Crippen LogP contribution is 2.37. The number of pyridine rings is 2. The van der Waals surface area contributed by atoms with Gasteiger partial charge in [-0.05, 0) is 62.8 Å². The first-order valence-electron chi connectivity index (χ1n) is 11.1. The van der Waals surface area contributed by atoms with Crippen molar-refractivity contribution >= 4 is 45.9 Å². The molecule has 0 bridgehead atoms. The summed E-state index contributed by atoms with van der Waals surface area (Å²) in [7, 11) is 0. The average Bonchev–Trinajstić information content (AvgIpc) is 3.23. The number of rotatable bonds is 6. The molecule has 4 aromatic rings. The van der Waals surface area contributed by atoms with Crippen LogP contribution in [0.25, 0.3) is 22.2 Å². The van der Waals surface area contributed by atoms with Crippen molar-refractivity contribution in [2.45, 2.75) is 43.5 Å². The molecule has 1 fully saturated rings. The van der Waals surface area contributed by atoms with E-state index in [1.165, 1.54) is 0 Å². The summed E-state index contributed by atoms with van der Waals surface area (Å²) in [5, 5.41) is 7.88. The Hall–Kier alpha value is -2.32. The van der Waals surface area contributed by atoms with Gasteiger partial charge in [0.15, 0.2) is 6.23 Å². The maximum absolute atomic E-state index is 6.34. The van der Waals surface area contributed by atoms with Gasteiger partial charge in [0.2, 0.25) is 0 Å². The van der Waals surface area contributed by atoms with Gasteiger partial charge >= 0.3 is 0 Å². The van der Waals surface area contributed by atoms with Gasteiger partial charge in [0.25, 0.3) is 0 Å². The zero-order valence-electron chi connectivity index (χ0n) is 18.9. The first-order chi connectivity index (χ1) is 16.5. The van der Waals surface area contributed by atoms with Gasteiger partial charge in [-0.1, -0.05) is 23.2 Å². The summed E-state index contributed by atoms with van der Waals surface area (Å²) in [4.78, 5) is 8.58. The van der Waals surface area contributed by atoms with Crippen LogP contribution in [-0.4, -0.2) is 32.6 Å². The molecule has 1 unspecified atom stereocenters. The van der Waals surface area contributed by atoms with Crippen molar-refractivity contribution in [3.63, 3.8) is 0 Å². The normalized spacial score (nSPS) is 17.1. The van der Waals surface area contributed by atoms with Crippen molar-refractivity contribution < 1.29 is 9.47 Å². The van der Waals surface area contributed by atoms with Crippen LogP contribution in [0.2, 0.25) is 10.0 Å². The van der Waals surface area contributed by atoms with E-state index in [1.807, 2.05) is 48.3 Å². The van der Waals surface area contributed by atoms with E-state index in [1.54, 1.807) is 24.2 Å². The molecule has 1 aliphatic rings. The van der Waals surface area contributed by atoms with E-state index >= 15 is 0 Å². The van der Waals surface area contributed by atoms with Gasteiger partial charge in [-0.25, -0.2) is 9.67 Å². The molecule has 0 spiro atoms. The number of ether oxygens (including phenoxy) is 2. The highest BCUT2D eigenvalue weighted by Gasteiger charge is 2.23. The lowest BCUT2D eigenvalue weighted by molar-refractivity contribution is -0.0365. The largest absolute Gasteiger partial charge is 0.486 e. The van der Waals surface area contributed by atoms with Gasteiger partial charge in [-0.3, -0.25) is 4.98 Å². The Morgan fingerprint density at radius 3 is 2.62 bits per heavy atom. The first-order valence-corrected chi connectivity index (χ1v) is 13.1. The minimum absolute atomic E-state index is 0.0800. The molecule has 4 heterocycles. The number of fused-ring (bicyclic) bond motifs is 1. The predicted molar refractivity (Wildman–Crippen MR) is 137 cm³/mol. The smallest absolute Gasteiger partial charge is 0.150 e. The number of nitrogens with zero attached hydrogens (tertiary/aromatic N) is 4. The molecule has 6 nitrogen and oxygen atoms in total. The van der Waals surface area contributed by atoms with Crippen LogP contribution >= 0.6 is 35.0 Å². The second-order valence-corrected chi connectivity index (χ2v) is 9.80. The molecule has 2 atom stereocenters. The summed E-state index contributed by atoms with van der Waals surface area (Å²) in [6, 6.07) is 10.1. The lowest BCUT2D eigenvalue weighted by atomic mass is 10.1. The maximum Gasteiger partial charge on any atom is 0.150 e. The highest BCUT2D eigenvalue weighted by molar-refractivity contribution is 7.98. The third kappa shape index (κ3) is 4.62. The summed E-state index contributed by atoms with van der Waals surface area (Å²) in [5.74, 6) is 0.697. The van der Waals surface area contributed by atoms with Crippen LogP contribution in [0.4, 0.5) is 0 Å². The zero-order valence-corrected chi connectivity index (χ0v) is 21.2. The van der Waals surface area contributed by atoms with Gasteiger partial charge in [-0.2, -0.15) is 5.10 Å². The van der Waals surface area contributed by atoms with E-state index in [4.69, 9.17) is 37.8 Å². The third-order valence-electron chi connectivity index (χ3n) is 5.93. The molecular formula is C25H24Cl2N4O2S. The van der Waals surface area contributed by atoms with E-state index in [2.05, 4.69) is 16.0 Å². The van der Waals surface area contributed by atoms with Crippen LogP contribution in [0.15, 0.2) is 53.9 Å². The second-order valence-electron chi connectivity index (χ2n) is 8.16. The fraction of sp³-hybridized carbons (Fsp3) is 0.320. The van der Waals surface area contributed by atoms with Crippen molar-refractivity contribution in [2.24, 2.45) is 0 Å². The Bertz CT molecular complexity index is 1290. The minimum Gasteiger partial charge on any atom is -0.486 e. The molecule has 5 rings (SSSR count). The van der Waals surface area contributed by atoms with Crippen molar-refractivity contribution in [3.8, 4) is 17.0 Å². The molecule has 0 amide bonds. The quantitative estimate of drug-likeness (QED) is 0.250. The molecule has 34 heavy (non-hydrogen) atoms. The Kier molecular flexibility index (Phi) is 6.97. The molecule has 9 heteroatoms. The Morgan fingerprint density at radius 1 is 1.12 bits per heavy atom. The van der Waals surface area contributed by atoms with Gasteiger partial charge < -0.3 is 9.47 Å². The maximum atomic E-state index is 6.34. The fourth-order valence-electron chi connectivity index (χ4n) is 4.26. The Morgan fingerprint density at radius 2 is 1.94 bits per heavy atom. The van der Waals surface area contributed by atoms with Gasteiger partial charge in [-0.15, -0.1) is 11.8 Å². The molecule has 1 aliphatic heterocycles. The molecular weight excluding hydrogens is 491 g/mol. The Balaban J connectivity index is 1.56. The molecule has 0 saturated carbocycles. The van der Waals surface area contributed by atoms with Gasteiger partial charge in [0, 0.05) is 41.7 Å². The fourth-order valence-corrected chi connectivity index (χ4v) is 5.29. The van der Waals surface area contributed by atoms with E-state index in [0.717, 1.165) is 53.1 Å². The first kappa shape index (κ1) is 23.4. The number of halogens is 2. The van der Waals surface area contributed by atoms with Crippen LogP contribution in [0.3, 0.4) is 0 Å². The topological polar surface area (TPSA) is 62.1 Å². The average molecular weight is 515 g/mol. The van der Waals surface area contributed by atoms with Crippen LogP contribution < -0.4 is 4.74 Å². The predicted octanol–water partition coefficient (Wildman–Crippen LogP) is 7.36. The van der Waals surface area contributed by atoms with Crippen LogP contribution in [-0.2, 0) is 4.74 Å². The number of hydrogen-bond acceptors (Lipinski definition) is 6. The minimum atomic E-state index is -0.358. The lowest BCUT2D eigenvalue weighted by Gasteiger charge is -2.23. The van der Waals surface area contributed by atoms with Crippen LogP contribution in [0.5, 0.6) is 5.75 Å². The Labute approximate surface area is 212 Å². The number of hydrogen-bond donors (Lipinski definition) is 0. The van der Waals surface area contributed by atoms with Crippen LogP contribution in [0, 0.1) is 0 Å². The van der Waals surface area contributed by atoms with Gasteiger partial charge in [0.05, 0.1) is 20.6 Å². The third-order valence-corrected chi connectivity index (χ3v) is 7.20. The summed E-state index contributed by atoms with van der Waals surface area (Å²) >= 11 is 14.3. The van der Waals surface area contributed by atoms with E-state index < -0.39 is 0 Å². The van der Waals surface area contributed by atoms with E-state index in [0.29, 0.717) is 21.4 Å². The summed E-state index contributed by atoms with van der Waals surface area (Å²) in [5.41, 5.74) is 3.50. The van der Waals surface area contributed by atoms with Crippen LogP contribution in [0.1, 0.15) is 44.1 Å². The molecule has 0 N–H and O–H groups in total. The highest BCUT2D eigenvalue weighted by atomic mass is 35.5. The number of thioether (sulfide) groups is 1. The van der Waals surface area contributed by atoms with Crippen molar-refractivity contribution in [1.82, 2.24) is 19.7 Å². The summed E-state index contributed by atoms with van der Waals surface area (Å²) in [6.45, 7) is 2.67. The lowest BCUT2D eigenvalue weighted by Crippen LogP contribution is -2.19. The standard InChI is InChI=1S/C25H24Cl2N4O2S/c1-15(24-19(26)13-28-14-20(24)27)33-17-7-8-21-18(11-17)25(16-6-9-22(34-2)29-12-16)30-31(21)23-5-3-4-10-32-23/h6-9,11-15,23H,3-5,10H2,1-2H3/t15-,23?/m1/s1. The zero-order chi connectivity index (χ0) is 23.7. The van der Waals surface area contributed by atoms with Crippen molar-refractivity contribution in [1.29, 1.82) is 0 Å². The SMILES string of the molecule is CSc1ccc(-c2nn(C3CCCCO3)c3ccc(O[C@H](C)c4c(Cl)cncc4Cl)cc23)cn1. The molecule has 0 radical (unpaired) electrons. The molecule has 176 valence electrons. The second kappa shape index (κ2) is 10.1. The monoisotopic (exact) mass is 514 g/mol. The van der Waals surface area contributed by atoms with E-state index in [9.17, 15) is 0 Å². The molecule has 3 aromatic heterocycles. The number of aromatic nitrogens is 4. The molecule has 1 aromatic carbocycles. The van der Waals surface area contributed by atoms with Gasteiger partial charge in [0.1, 0.15) is 17.5 Å². The summed E-state index contributed by atoms with van der Waals surface area (Å²) in [6.07, 6.45) is 9.73. The van der Waals surface area contributed by atoms with Crippen molar-refractivity contribution in [3.05, 3.63) is 64.5 Å². The molecule has 0 aliphatic carbocycles.